The minimum absolute atomic E-state index is 0.147. The molecule has 6 heteroatoms. The molecule has 1 atom stereocenters. The minimum atomic E-state index is -4.39. The van der Waals surface area contributed by atoms with E-state index in [9.17, 15) is 13.2 Å². The van der Waals surface area contributed by atoms with Crippen LogP contribution in [0.3, 0.4) is 0 Å². The summed E-state index contributed by atoms with van der Waals surface area (Å²) in [6.45, 7) is 0.547. The van der Waals surface area contributed by atoms with Gasteiger partial charge < -0.3 is 10.1 Å². The van der Waals surface area contributed by atoms with Crippen LogP contribution in [0.5, 0.6) is 0 Å². The van der Waals surface area contributed by atoms with Crippen molar-refractivity contribution in [2.24, 2.45) is 5.92 Å². The van der Waals surface area contributed by atoms with Crippen LogP contribution in [0.1, 0.15) is 18.5 Å². The number of anilines is 1. The molecule has 0 saturated heterocycles. The zero-order chi connectivity index (χ0) is 13.2. The van der Waals surface area contributed by atoms with Gasteiger partial charge in [0, 0.05) is 7.11 Å². The van der Waals surface area contributed by atoms with E-state index in [1.807, 2.05) is 0 Å². The predicted molar refractivity (Wildman–Crippen MR) is 61.2 cm³/mol. The van der Waals surface area contributed by atoms with E-state index in [1.54, 1.807) is 7.11 Å². The molecular weight excluding hydrogens is 245 g/mol. The molecule has 0 aliphatic heterocycles. The van der Waals surface area contributed by atoms with Crippen LogP contribution in [-0.2, 0) is 10.9 Å². The van der Waals surface area contributed by atoms with E-state index >= 15 is 0 Å². The second-order valence-corrected chi connectivity index (χ2v) is 4.47. The third-order valence-electron chi connectivity index (χ3n) is 2.94. The molecule has 1 aliphatic carbocycles. The molecule has 0 radical (unpaired) electrons. The zero-order valence-corrected chi connectivity index (χ0v) is 10.00. The number of hydrogen-bond acceptors (Lipinski definition) is 3. The summed E-state index contributed by atoms with van der Waals surface area (Å²) in [5.74, 6) is 0.548. The number of alkyl halides is 3. The first-order valence-corrected chi connectivity index (χ1v) is 5.79. The Morgan fingerprint density at radius 3 is 2.61 bits per heavy atom. The average Bonchev–Trinajstić information content (AvgIpc) is 3.12. The van der Waals surface area contributed by atoms with Crippen molar-refractivity contribution in [3.63, 3.8) is 0 Å². The highest BCUT2D eigenvalue weighted by Gasteiger charge is 2.33. The van der Waals surface area contributed by atoms with Crippen molar-refractivity contribution >= 4 is 5.69 Å². The summed E-state index contributed by atoms with van der Waals surface area (Å²) in [7, 11) is 1.61. The van der Waals surface area contributed by atoms with Crippen molar-refractivity contribution in [2.75, 3.05) is 19.0 Å². The maximum absolute atomic E-state index is 12.3. The quantitative estimate of drug-likeness (QED) is 0.883. The molecule has 1 fully saturated rings. The predicted octanol–water partition coefficient (Wildman–Crippen LogP) is 2.94. The van der Waals surface area contributed by atoms with E-state index in [-0.39, 0.29) is 6.04 Å². The fourth-order valence-corrected chi connectivity index (χ4v) is 1.83. The van der Waals surface area contributed by atoms with E-state index in [0.717, 1.165) is 18.9 Å². The molecule has 1 heterocycles. The van der Waals surface area contributed by atoms with Crippen molar-refractivity contribution in [3.05, 3.63) is 24.0 Å². The average molecular weight is 260 g/mol. The van der Waals surface area contributed by atoms with Crippen molar-refractivity contribution in [1.29, 1.82) is 0 Å². The van der Waals surface area contributed by atoms with Gasteiger partial charge in [0.2, 0.25) is 0 Å². The summed E-state index contributed by atoms with van der Waals surface area (Å²) in [6.07, 6.45) is -0.904. The van der Waals surface area contributed by atoms with E-state index in [2.05, 4.69) is 10.3 Å². The Hall–Kier alpha value is -1.30. The maximum Gasteiger partial charge on any atom is 0.433 e. The third-order valence-corrected chi connectivity index (χ3v) is 2.94. The van der Waals surface area contributed by atoms with Crippen LogP contribution in [-0.4, -0.2) is 24.7 Å². The van der Waals surface area contributed by atoms with Gasteiger partial charge in [-0.25, -0.2) is 4.98 Å². The first-order chi connectivity index (χ1) is 8.50. The summed E-state index contributed by atoms with van der Waals surface area (Å²) in [4.78, 5) is 3.41. The topological polar surface area (TPSA) is 34.1 Å². The molecule has 0 spiro atoms. The molecule has 1 aromatic rings. The number of aromatic nitrogens is 1. The lowest BCUT2D eigenvalue weighted by Gasteiger charge is -2.18. The van der Waals surface area contributed by atoms with Gasteiger partial charge in [-0.1, -0.05) is 0 Å². The van der Waals surface area contributed by atoms with Crippen LogP contribution in [0.4, 0.5) is 18.9 Å². The lowest BCUT2D eigenvalue weighted by atomic mass is 10.2. The van der Waals surface area contributed by atoms with Crippen LogP contribution >= 0.6 is 0 Å². The SMILES string of the molecule is COCC(Nc1ccc(C(F)(F)F)nc1)C1CC1. The molecule has 0 amide bonds. The highest BCUT2D eigenvalue weighted by molar-refractivity contribution is 5.42. The van der Waals surface area contributed by atoms with Gasteiger partial charge in [0.05, 0.1) is 24.5 Å². The van der Waals surface area contributed by atoms with Crippen LogP contribution in [0, 0.1) is 5.92 Å². The lowest BCUT2D eigenvalue weighted by Crippen LogP contribution is -2.27. The second kappa shape index (κ2) is 5.14. The molecule has 100 valence electrons. The third kappa shape index (κ3) is 3.35. The standard InChI is InChI=1S/C12H15F3N2O/c1-18-7-10(8-2-3-8)17-9-4-5-11(16-6-9)12(13,14)15/h4-6,8,10,17H,2-3,7H2,1H3. The van der Waals surface area contributed by atoms with Gasteiger partial charge in [-0.2, -0.15) is 13.2 Å². The zero-order valence-electron chi connectivity index (χ0n) is 10.00. The minimum Gasteiger partial charge on any atom is -0.383 e. The molecule has 1 aromatic heterocycles. The van der Waals surface area contributed by atoms with Gasteiger partial charge in [-0.15, -0.1) is 0 Å². The van der Waals surface area contributed by atoms with Gasteiger partial charge in [0.15, 0.2) is 0 Å². The van der Waals surface area contributed by atoms with E-state index in [1.165, 1.54) is 12.3 Å². The number of halogens is 3. The largest absolute Gasteiger partial charge is 0.433 e. The Morgan fingerprint density at radius 2 is 2.17 bits per heavy atom. The Balaban J connectivity index is 2.00. The molecule has 2 rings (SSSR count). The van der Waals surface area contributed by atoms with Crippen molar-refractivity contribution in [1.82, 2.24) is 4.98 Å². The molecule has 1 saturated carbocycles. The monoisotopic (exact) mass is 260 g/mol. The van der Waals surface area contributed by atoms with Crippen molar-refractivity contribution in [3.8, 4) is 0 Å². The molecule has 0 bridgehead atoms. The van der Waals surface area contributed by atoms with Gasteiger partial charge in [0.1, 0.15) is 5.69 Å². The summed E-state index contributed by atoms with van der Waals surface area (Å²) in [5, 5.41) is 3.17. The fraction of sp³-hybridized carbons (Fsp3) is 0.583. The van der Waals surface area contributed by atoms with Crippen molar-refractivity contribution < 1.29 is 17.9 Å². The van der Waals surface area contributed by atoms with Crippen LogP contribution < -0.4 is 5.32 Å². The highest BCUT2D eigenvalue weighted by atomic mass is 19.4. The lowest BCUT2D eigenvalue weighted by molar-refractivity contribution is -0.141. The molecule has 1 N–H and O–H groups in total. The number of ether oxygens (including phenoxy) is 1. The van der Waals surface area contributed by atoms with Gasteiger partial charge in [-0.05, 0) is 30.9 Å². The van der Waals surface area contributed by atoms with Gasteiger partial charge in [0.25, 0.3) is 0 Å². The molecule has 1 unspecified atom stereocenters. The Bertz CT molecular complexity index is 387. The smallest absolute Gasteiger partial charge is 0.383 e. The maximum atomic E-state index is 12.3. The summed E-state index contributed by atoms with van der Waals surface area (Å²) in [5.41, 5.74) is -0.278. The van der Waals surface area contributed by atoms with Crippen molar-refractivity contribution in [2.45, 2.75) is 25.1 Å². The number of nitrogens with one attached hydrogen (secondary N) is 1. The molecular formula is C12H15F3N2O. The van der Waals surface area contributed by atoms with Gasteiger partial charge >= 0.3 is 6.18 Å². The van der Waals surface area contributed by atoms with E-state index in [0.29, 0.717) is 18.2 Å². The number of rotatable bonds is 5. The summed E-state index contributed by atoms with van der Waals surface area (Å²) < 4.78 is 42.1. The first kappa shape index (κ1) is 13.1. The molecule has 0 aromatic carbocycles. The molecule has 18 heavy (non-hydrogen) atoms. The molecule has 3 nitrogen and oxygen atoms in total. The Labute approximate surface area is 103 Å². The van der Waals surface area contributed by atoms with Crippen LogP contribution in [0.2, 0.25) is 0 Å². The highest BCUT2D eigenvalue weighted by Crippen LogP contribution is 2.34. The Morgan fingerprint density at radius 1 is 1.44 bits per heavy atom. The van der Waals surface area contributed by atoms with E-state index in [4.69, 9.17) is 4.74 Å². The molecule has 1 aliphatic rings. The van der Waals surface area contributed by atoms with E-state index < -0.39 is 11.9 Å². The number of methoxy groups -OCH3 is 1. The van der Waals surface area contributed by atoms with Crippen LogP contribution in [0.15, 0.2) is 18.3 Å². The normalized spacial score (nSPS) is 17.6. The van der Waals surface area contributed by atoms with Crippen LogP contribution in [0.25, 0.3) is 0 Å². The summed E-state index contributed by atoms with van der Waals surface area (Å²) in [6, 6.07) is 2.54. The fourth-order valence-electron chi connectivity index (χ4n) is 1.83. The number of nitrogens with zero attached hydrogens (tertiary/aromatic N) is 1. The second-order valence-electron chi connectivity index (χ2n) is 4.47. The number of pyridine rings is 1. The summed E-state index contributed by atoms with van der Waals surface area (Å²) >= 11 is 0. The number of hydrogen-bond donors (Lipinski definition) is 1. The van der Waals surface area contributed by atoms with Gasteiger partial charge in [-0.3, -0.25) is 0 Å². The first-order valence-electron chi connectivity index (χ1n) is 5.79. The Kier molecular flexibility index (Phi) is 3.75.